The number of hydrogen-bond donors (Lipinski definition) is 2. The van der Waals surface area contributed by atoms with E-state index in [0.717, 1.165) is 11.1 Å². The molecule has 1 fully saturated rings. The highest BCUT2D eigenvalue weighted by atomic mass is 16.5. The summed E-state index contributed by atoms with van der Waals surface area (Å²) in [4.78, 5) is 38.4. The van der Waals surface area contributed by atoms with Gasteiger partial charge in [-0.1, -0.05) is 56.3 Å². The summed E-state index contributed by atoms with van der Waals surface area (Å²) in [6.07, 6.45) is 0.654. The van der Waals surface area contributed by atoms with Crippen molar-refractivity contribution in [3.8, 4) is 0 Å². The zero-order valence-corrected chi connectivity index (χ0v) is 18.7. The van der Waals surface area contributed by atoms with Crippen LogP contribution in [0.4, 0.5) is 5.69 Å². The van der Waals surface area contributed by atoms with Gasteiger partial charge in [-0.15, -0.1) is 0 Å². The minimum absolute atomic E-state index is 0.0261. The van der Waals surface area contributed by atoms with Crippen molar-refractivity contribution in [1.29, 1.82) is 0 Å². The average Bonchev–Trinajstić information content (AvgIpc) is 2.82. The largest absolute Gasteiger partial charge is 0.370 e. The molecule has 32 heavy (non-hydrogen) atoms. The Labute approximate surface area is 189 Å². The zero-order chi connectivity index (χ0) is 22.9. The molecular formula is C25H31N3O4. The Morgan fingerprint density at radius 1 is 1.03 bits per heavy atom. The van der Waals surface area contributed by atoms with Gasteiger partial charge in [-0.3, -0.25) is 14.4 Å². The fourth-order valence-electron chi connectivity index (χ4n) is 3.56. The van der Waals surface area contributed by atoms with Gasteiger partial charge in [0.15, 0.2) is 0 Å². The van der Waals surface area contributed by atoms with Gasteiger partial charge in [-0.25, -0.2) is 0 Å². The molecule has 1 aliphatic heterocycles. The lowest BCUT2D eigenvalue weighted by Gasteiger charge is -2.33. The Bertz CT molecular complexity index is 913. The molecule has 0 aromatic heterocycles. The number of carbonyl (C=O) groups is 3. The fourth-order valence-corrected chi connectivity index (χ4v) is 3.56. The first-order chi connectivity index (χ1) is 15.4. The summed E-state index contributed by atoms with van der Waals surface area (Å²) in [7, 11) is 0. The second kappa shape index (κ2) is 11.4. The molecule has 0 radical (unpaired) electrons. The summed E-state index contributed by atoms with van der Waals surface area (Å²) in [5, 5.41) is 5.17. The molecule has 1 atom stereocenters. The molecule has 1 heterocycles. The summed E-state index contributed by atoms with van der Waals surface area (Å²) in [6.45, 7) is 6.02. The monoisotopic (exact) mass is 437 g/mol. The number of benzene rings is 2. The minimum atomic E-state index is -0.715. The molecule has 1 aliphatic rings. The molecule has 0 spiro atoms. The van der Waals surface area contributed by atoms with Gasteiger partial charge in [0.1, 0.15) is 6.10 Å². The molecule has 0 aliphatic carbocycles. The molecule has 1 saturated heterocycles. The van der Waals surface area contributed by atoms with Gasteiger partial charge in [0.2, 0.25) is 5.91 Å². The lowest BCUT2D eigenvalue weighted by atomic mass is 10.0. The topological polar surface area (TPSA) is 87.7 Å². The number of nitrogens with zero attached hydrogens (tertiary/aromatic N) is 1. The molecule has 2 aromatic carbocycles. The fraction of sp³-hybridized carbons (Fsp3) is 0.400. The predicted octanol–water partition coefficient (Wildman–Crippen LogP) is 3.25. The number of ether oxygens (including phenoxy) is 1. The van der Waals surface area contributed by atoms with Crippen molar-refractivity contribution < 1.29 is 19.1 Å². The van der Waals surface area contributed by atoms with Crippen molar-refractivity contribution >= 4 is 23.4 Å². The number of morpholine rings is 1. The van der Waals surface area contributed by atoms with E-state index in [4.69, 9.17) is 4.74 Å². The van der Waals surface area contributed by atoms with E-state index >= 15 is 0 Å². The van der Waals surface area contributed by atoms with E-state index in [9.17, 15) is 14.4 Å². The van der Waals surface area contributed by atoms with Crippen LogP contribution in [-0.4, -0.2) is 48.9 Å². The van der Waals surface area contributed by atoms with Crippen LogP contribution in [0.25, 0.3) is 0 Å². The van der Waals surface area contributed by atoms with Crippen LogP contribution in [0, 0.1) is 0 Å². The Morgan fingerprint density at radius 3 is 2.44 bits per heavy atom. The van der Waals surface area contributed by atoms with Gasteiger partial charge < -0.3 is 20.3 Å². The number of rotatable bonds is 7. The number of anilines is 1. The summed E-state index contributed by atoms with van der Waals surface area (Å²) >= 11 is 0. The van der Waals surface area contributed by atoms with Crippen LogP contribution in [-0.2, 0) is 19.1 Å². The zero-order valence-electron chi connectivity index (χ0n) is 18.7. The van der Waals surface area contributed by atoms with Crippen molar-refractivity contribution in [2.24, 2.45) is 0 Å². The van der Waals surface area contributed by atoms with Gasteiger partial charge in [-0.05, 0) is 35.6 Å². The van der Waals surface area contributed by atoms with Gasteiger partial charge in [0.05, 0.1) is 13.2 Å². The third-order valence-corrected chi connectivity index (χ3v) is 5.48. The molecule has 2 N–H and O–H groups in total. The van der Waals surface area contributed by atoms with Crippen molar-refractivity contribution in [3.63, 3.8) is 0 Å². The van der Waals surface area contributed by atoms with Gasteiger partial charge >= 0.3 is 11.8 Å². The van der Waals surface area contributed by atoms with Crippen LogP contribution in [0.2, 0.25) is 0 Å². The standard InChI is InChI=1S/C25H31N3O4/c1-18(2)19-10-12-21(13-11-19)27-25(31)24(30)26-14-6-9-23(29)28-15-16-32-22(17-28)20-7-4-3-5-8-20/h3-5,7-8,10-13,18,22H,6,9,14-17H2,1-2H3,(H,26,30)(H,27,31). The van der Waals surface area contributed by atoms with Crippen molar-refractivity contribution in [3.05, 3.63) is 65.7 Å². The van der Waals surface area contributed by atoms with Gasteiger partial charge in [-0.2, -0.15) is 0 Å². The normalized spacial score (nSPS) is 16.0. The predicted molar refractivity (Wildman–Crippen MR) is 123 cm³/mol. The highest BCUT2D eigenvalue weighted by Gasteiger charge is 2.25. The lowest BCUT2D eigenvalue weighted by Crippen LogP contribution is -2.42. The van der Waals surface area contributed by atoms with E-state index in [1.54, 1.807) is 17.0 Å². The minimum Gasteiger partial charge on any atom is -0.370 e. The molecule has 170 valence electrons. The van der Waals surface area contributed by atoms with E-state index in [2.05, 4.69) is 24.5 Å². The van der Waals surface area contributed by atoms with Crippen LogP contribution in [0.5, 0.6) is 0 Å². The Balaban J connectivity index is 1.37. The summed E-state index contributed by atoms with van der Waals surface area (Å²) in [5.41, 5.74) is 2.79. The Kier molecular flexibility index (Phi) is 8.39. The summed E-state index contributed by atoms with van der Waals surface area (Å²) in [5.74, 6) is -1.00. The molecule has 7 nitrogen and oxygen atoms in total. The first kappa shape index (κ1) is 23.5. The van der Waals surface area contributed by atoms with Crippen molar-refractivity contribution in [2.45, 2.75) is 38.7 Å². The quantitative estimate of drug-likeness (QED) is 0.514. The van der Waals surface area contributed by atoms with Crippen LogP contribution < -0.4 is 10.6 Å². The maximum absolute atomic E-state index is 12.5. The molecular weight excluding hydrogens is 406 g/mol. The Morgan fingerprint density at radius 2 is 1.75 bits per heavy atom. The number of hydrogen-bond acceptors (Lipinski definition) is 4. The molecule has 2 aromatic rings. The van der Waals surface area contributed by atoms with E-state index < -0.39 is 11.8 Å². The molecule has 0 saturated carbocycles. The smallest absolute Gasteiger partial charge is 0.313 e. The van der Waals surface area contributed by atoms with Gasteiger partial charge in [0, 0.05) is 25.2 Å². The van der Waals surface area contributed by atoms with Crippen LogP contribution >= 0.6 is 0 Å². The molecule has 0 bridgehead atoms. The molecule has 3 amide bonds. The molecule has 7 heteroatoms. The van der Waals surface area contributed by atoms with Crippen molar-refractivity contribution in [1.82, 2.24) is 10.2 Å². The first-order valence-corrected chi connectivity index (χ1v) is 11.1. The maximum Gasteiger partial charge on any atom is 0.313 e. The van der Waals surface area contributed by atoms with E-state index in [1.807, 2.05) is 42.5 Å². The van der Waals surface area contributed by atoms with Crippen LogP contribution in [0.1, 0.15) is 49.8 Å². The maximum atomic E-state index is 12.5. The number of carbonyl (C=O) groups excluding carboxylic acids is 3. The van der Waals surface area contributed by atoms with E-state index in [-0.39, 0.29) is 18.6 Å². The highest BCUT2D eigenvalue weighted by molar-refractivity contribution is 6.39. The van der Waals surface area contributed by atoms with Crippen LogP contribution in [0.3, 0.4) is 0 Å². The van der Waals surface area contributed by atoms with Crippen molar-refractivity contribution in [2.75, 3.05) is 31.6 Å². The van der Waals surface area contributed by atoms with E-state index in [0.29, 0.717) is 44.1 Å². The Hall–Kier alpha value is -3.19. The van der Waals surface area contributed by atoms with Crippen LogP contribution in [0.15, 0.2) is 54.6 Å². The second-order valence-electron chi connectivity index (χ2n) is 8.20. The molecule has 3 rings (SSSR count). The number of amides is 3. The van der Waals surface area contributed by atoms with Gasteiger partial charge in [0.25, 0.3) is 0 Å². The second-order valence-corrected chi connectivity index (χ2v) is 8.20. The lowest BCUT2D eigenvalue weighted by molar-refractivity contribution is -0.139. The highest BCUT2D eigenvalue weighted by Crippen LogP contribution is 2.22. The first-order valence-electron chi connectivity index (χ1n) is 11.1. The SMILES string of the molecule is CC(C)c1ccc(NC(=O)C(=O)NCCCC(=O)N2CCOC(c3ccccc3)C2)cc1. The number of nitrogens with one attached hydrogen (secondary N) is 2. The third kappa shape index (κ3) is 6.65. The molecule has 1 unspecified atom stereocenters. The van der Waals surface area contributed by atoms with E-state index in [1.165, 1.54) is 0 Å². The average molecular weight is 438 g/mol. The third-order valence-electron chi connectivity index (χ3n) is 5.48. The summed E-state index contributed by atoms with van der Waals surface area (Å²) < 4.78 is 5.80. The summed E-state index contributed by atoms with van der Waals surface area (Å²) in [6, 6.07) is 17.3.